The van der Waals surface area contributed by atoms with E-state index in [1.165, 1.54) is 0 Å². The third-order valence-electron chi connectivity index (χ3n) is 3.99. The molecule has 1 aliphatic rings. The molecule has 0 saturated carbocycles. The van der Waals surface area contributed by atoms with Crippen LogP contribution in [-0.2, 0) is 0 Å². The van der Waals surface area contributed by atoms with E-state index in [-0.39, 0.29) is 0 Å². The van der Waals surface area contributed by atoms with E-state index < -0.39 is 0 Å². The highest BCUT2D eigenvalue weighted by Crippen LogP contribution is 2.27. The number of hydrogen-bond donors (Lipinski definition) is 3. The summed E-state index contributed by atoms with van der Waals surface area (Å²) in [7, 11) is 4.23. The molecule has 0 spiro atoms. The van der Waals surface area contributed by atoms with Gasteiger partial charge in [0.2, 0.25) is 5.95 Å². The Bertz CT molecular complexity index is 586. The summed E-state index contributed by atoms with van der Waals surface area (Å²) in [4.78, 5) is 13.3. The zero-order chi connectivity index (χ0) is 14.1. The molecule has 8 heteroatoms. The molecule has 0 unspecified atom stereocenters. The number of nitrogen functional groups attached to an aromatic ring is 1. The van der Waals surface area contributed by atoms with Crippen LogP contribution in [0.1, 0.15) is 12.8 Å². The Labute approximate surface area is 117 Å². The summed E-state index contributed by atoms with van der Waals surface area (Å²) >= 11 is 0. The number of likely N-dealkylation sites (tertiary alicyclic amines) is 1. The number of H-pyrrole nitrogens is 1. The molecular formula is C12H20N8. The van der Waals surface area contributed by atoms with Gasteiger partial charge in [-0.05, 0) is 33.0 Å². The number of aromatic amines is 1. The molecule has 8 nitrogen and oxygen atoms in total. The number of hydrazine groups is 1. The monoisotopic (exact) mass is 276 g/mol. The molecule has 3 heterocycles. The van der Waals surface area contributed by atoms with Gasteiger partial charge in [0, 0.05) is 13.1 Å². The smallest absolute Gasteiger partial charge is 0.241 e. The lowest BCUT2D eigenvalue weighted by Crippen LogP contribution is -2.42. The molecule has 0 bridgehead atoms. The first-order valence-electron chi connectivity index (χ1n) is 6.78. The summed E-state index contributed by atoms with van der Waals surface area (Å²) in [5.41, 5.74) is 3.21. The van der Waals surface area contributed by atoms with Crippen LogP contribution in [0.2, 0.25) is 0 Å². The molecule has 0 aromatic carbocycles. The predicted molar refractivity (Wildman–Crippen MR) is 78.4 cm³/mol. The van der Waals surface area contributed by atoms with Crippen molar-refractivity contribution >= 4 is 22.8 Å². The van der Waals surface area contributed by atoms with Crippen LogP contribution in [0.25, 0.3) is 11.0 Å². The van der Waals surface area contributed by atoms with Crippen molar-refractivity contribution in [3.05, 3.63) is 6.20 Å². The van der Waals surface area contributed by atoms with Crippen LogP contribution in [0.3, 0.4) is 0 Å². The topological polar surface area (TPSA) is 99.0 Å². The third-order valence-corrected chi connectivity index (χ3v) is 3.99. The molecule has 20 heavy (non-hydrogen) atoms. The van der Waals surface area contributed by atoms with Gasteiger partial charge in [-0.1, -0.05) is 0 Å². The molecular weight excluding hydrogens is 256 g/mol. The van der Waals surface area contributed by atoms with Gasteiger partial charge in [-0.15, -0.1) is 0 Å². The summed E-state index contributed by atoms with van der Waals surface area (Å²) in [6.07, 6.45) is 4.01. The Hall–Kier alpha value is -1.93. The molecule has 4 N–H and O–H groups in total. The maximum atomic E-state index is 5.44. The Balaban J connectivity index is 1.93. The SMILES string of the molecule is CN1CCC(N(C)c2nc(NN)nc3[nH]ncc23)CC1. The van der Waals surface area contributed by atoms with Crippen molar-refractivity contribution in [2.24, 2.45) is 5.84 Å². The Kier molecular flexibility index (Phi) is 3.41. The fourth-order valence-electron chi connectivity index (χ4n) is 2.71. The quantitative estimate of drug-likeness (QED) is 0.543. The Morgan fingerprint density at radius 1 is 1.40 bits per heavy atom. The van der Waals surface area contributed by atoms with E-state index in [0.717, 1.165) is 37.1 Å². The van der Waals surface area contributed by atoms with Crippen molar-refractivity contribution in [3.8, 4) is 0 Å². The number of aromatic nitrogens is 4. The largest absolute Gasteiger partial charge is 0.356 e. The number of fused-ring (bicyclic) bond motifs is 1. The lowest BCUT2D eigenvalue weighted by molar-refractivity contribution is 0.252. The minimum Gasteiger partial charge on any atom is -0.356 e. The number of nitrogens with one attached hydrogen (secondary N) is 2. The van der Waals surface area contributed by atoms with Crippen molar-refractivity contribution in [1.82, 2.24) is 25.1 Å². The first-order valence-corrected chi connectivity index (χ1v) is 6.78. The molecule has 0 radical (unpaired) electrons. The Morgan fingerprint density at radius 3 is 2.85 bits per heavy atom. The molecule has 108 valence electrons. The number of piperidine rings is 1. The molecule has 1 saturated heterocycles. The van der Waals surface area contributed by atoms with Gasteiger partial charge in [-0.25, -0.2) is 5.84 Å². The summed E-state index contributed by atoms with van der Waals surface area (Å²) in [6.45, 7) is 2.22. The van der Waals surface area contributed by atoms with Gasteiger partial charge < -0.3 is 9.80 Å². The zero-order valence-corrected chi connectivity index (χ0v) is 11.8. The maximum Gasteiger partial charge on any atom is 0.241 e. The van der Waals surface area contributed by atoms with Gasteiger partial charge in [-0.3, -0.25) is 10.5 Å². The highest BCUT2D eigenvalue weighted by molar-refractivity contribution is 5.87. The van der Waals surface area contributed by atoms with E-state index >= 15 is 0 Å². The van der Waals surface area contributed by atoms with Crippen LogP contribution in [0.4, 0.5) is 11.8 Å². The van der Waals surface area contributed by atoms with Crippen molar-refractivity contribution in [2.45, 2.75) is 18.9 Å². The summed E-state index contributed by atoms with van der Waals surface area (Å²) in [5, 5.41) is 7.84. The highest BCUT2D eigenvalue weighted by atomic mass is 15.3. The van der Waals surface area contributed by atoms with Crippen molar-refractivity contribution in [3.63, 3.8) is 0 Å². The normalized spacial score (nSPS) is 17.6. The van der Waals surface area contributed by atoms with Crippen LogP contribution < -0.4 is 16.2 Å². The summed E-state index contributed by atoms with van der Waals surface area (Å²) in [5.74, 6) is 6.71. The minimum absolute atomic E-state index is 0.400. The van der Waals surface area contributed by atoms with Crippen LogP contribution in [-0.4, -0.2) is 58.3 Å². The molecule has 3 rings (SSSR count). The van der Waals surface area contributed by atoms with E-state index in [1.54, 1.807) is 6.20 Å². The molecule has 2 aromatic rings. The van der Waals surface area contributed by atoms with Crippen molar-refractivity contribution < 1.29 is 0 Å². The molecule has 0 atom stereocenters. The predicted octanol–water partition coefficient (Wildman–Crippen LogP) is 0.169. The zero-order valence-electron chi connectivity index (χ0n) is 11.8. The molecule has 2 aromatic heterocycles. The highest BCUT2D eigenvalue weighted by Gasteiger charge is 2.23. The van der Waals surface area contributed by atoms with Gasteiger partial charge in [0.1, 0.15) is 5.82 Å². The second-order valence-corrected chi connectivity index (χ2v) is 5.29. The van der Waals surface area contributed by atoms with Gasteiger partial charge >= 0.3 is 0 Å². The minimum atomic E-state index is 0.400. The maximum absolute atomic E-state index is 5.44. The Morgan fingerprint density at radius 2 is 2.15 bits per heavy atom. The second-order valence-electron chi connectivity index (χ2n) is 5.29. The van der Waals surface area contributed by atoms with Gasteiger partial charge in [0.25, 0.3) is 0 Å². The van der Waals surface area contributed by atoms with Gasteiger partial charge in [-0.2, -0.15) is 15.1 Å². The molecule has 1 fully saturated rings. The van der Waals surface area contributed by atoms with Crippen LogP contribution in [0, 0.1) is 0 Å². The van der Waals surface area contributed by atoms with Crippen LogP contribution >= 0.6 is 0 Å². The van der Waals surface area contributed by atoms with E-state index in [2.05, 4.69) is 49.5 Å². The number of rotatable bonds is 3. The fraction of sp³-hybridized carbons (Fsp3) is 0.583. The van der Waals surface area contributed by atoms with E-state index in [9.17, 15) is 0 Å². The number of anilines is 2. The van der Waals surface area contributed by atoms with Crippen LogP contribution in [0.5, 0.6) is 0 Å². The number of nitrogens with two attached hydrogens (primary N) is 1. The second kappa shape index (κ2) is 5.22. The molecule has 0 amide bonds. The lowest BCUT2D eigenvalue weighted by Gasteiger charge is -2.35. The fourth-order valence-corrected chi connectivity index (χ4v) is 2.71. The first kappa shape index (κ1) is 13.1. The molecule has 1 aliphatic heterocycles. The standard InChI is InChI=1S/C12H20N8/c1-19-5-3-8(4-6-19)20(2)11-9-7-14-18-10(9)15-12(16-11)17-13/h7-8H,3-6,13H2,1-2H3,(H2,14,15,16,17,18). The molecule has 0 aliphatic carbocycles. The summed E-state index contributed by atoms with van der Waals surface area (Å²) in [6, 6.07) is 0.477. The van der Waals surface area contributed by atoms with E-state index in [1.807, 2.05) is 0 Å². The average Bonchev–Trinajstić information content (AvgIpc) is 2.94. The summed E-state index contributed by atoms with van der Waals surface area (Å²) < 4.78 is 0. The average molecular weight is 276 g/mol. The van der Waals surface area contributed by atoms with E-state index in [0.29, 0.717) is 17.6 Å². The lowest BCUT2D eigenvalue weighted by atomic mass is 10.0. The van der Waals surface area contributed by atoms with Crippen molar-refractivity contribution in [2.75, 3.05) is 37.5 Å². The van der Waals surface area contributed by atoms with Gasteiger partial charge in [0.15, 0.2) is 5.65 Å². The number of nitrogens with zero attached hydrogens (tertiary/aromatic N) is 5. The van der Waals surface area contributed by atoms with Crippen molar-refractivity contribution in [1.29, 1.82) is 0 Å². The third kappa shape index (κ3) is 2.27. The van der Waals surface area contributed by atoms with Gasteiger partial charge in [0.05, 0.1) is 11.6 Å². The number of hydrogen-bond acceptors (Lipinski definition) is 7. The van der Waals surface area contributed by atoms with Crippen LogP contribution in [0.15, 0.2) is 6.20 Å². The van der Waals surface area contributed by atoms with E-state index in [4.69, 9.17) is 5.84 Å². The first-order chi connectivity index (χ1) is 9.69.